The Morgan fingerprint density at radius 3 is 2.62 bits per heavy atom. The van der Waals surface area contributed by atoms with E-state index in [0.717, 1.165) is 27.5 Å². The lowest BCUT2D eigenvalue weighted by Gasteiger charge is -2.13. The molecule has 0 atom stereocenters. The number of nitrogens with zero attached hydrogens (tertiary/aromatic N) is 1. The average molecular weight is 341 g/mol. The average Bonchev–Trinajstić information content (AvgIpc) is 2.58. The zero-order valence-electron chi connectivity index (χ0n) is 13.4. The van der Waals surface area contributed by atoms with Crippen LogP contribution >= 0.6 is 11.6 Å². The van der Waals surface area contributed by atoms with E-state index in [0.29, 0.717) is 16.5 Å². The van der Waals surface area contributed by atoms with Gasteiger partial charge in [-0.2, -0.15) is 0 Å². The molecule has 0 fully saturated rings. The van der Waals surface area contributed by atoms with Gasteiger partial charge < -0.3 is 11.1 Å². The Kier molecular flexibility index (Phi) is 4.27. The lowest BCUT2D eigenvalue weighted by molar-refractivity contribution is 0.254. The van der Waals surface area contributed by atoms with Crippen LogP contribution in [0.2, 0.25) is 5.02 Å². The van der Waals surface area contributed by atoms with Gasteiger partial charge >= 0.3 is 6.03 Å². The zero-order chi connectivity index (χ0) is 17.3. The number of nitrogens with two attached hydrogens (primary N) is 1. The van der Waals surface area contributed by atoms with Crippen LogP contribution in [0.5, 0.6) is 0 Å². The molecule has 2 amide bonds. The number of nitrogens with one attached hydrogen (secondary N) is 2. The minimum Gasteiger partial charge on any atom is -0.398 e. The highest BCUT2D eigenvalue weighted by atomic mass is 35.5. The molecule has 0 aliphatic rings. The van der Waals surface area contributed by atoms with Gasteiger partial charge in [0.05, 0.1) is 5.02 Å². The number of aromatic nitrogens is 1. The Hall–Kier alpha value is -2.79. The summed E-state index contributed by atoms with van der Waals surface area (Å²) in [5.41, 5.74) is 9.77. The second kappa shape index (κ2) is 6.37. The molecule has 24 heavy (non-hydrogen) atoms. The number of hydrogen-bond acceptors (Lipinski definition) is 3. The van der Waals surface area contributed by atoms with Crippen molar-refractivity contribution in [1.29, 1.82) is 0 Å². The number of carbonyl (C=O) groups excluding carboxylic acids is 1. The van der Waals surface area contributed by atoms with Gasteiger partial charge in [-0.1, -0.05) is 35.9 Å². The van der Waals surface area contributed by atoms with Crippen molar-refractivity contribution in [3.63, 3.8) is 0 Å². The molecule has 3 aromatic rings. The van der Waals surface area contributed by atoms with E-state index in [4.69, 9.17) is 17.3 Å². The van der Waals surface area contributed by atoms with E-state index in [1.165, 1.54) is 7.05 Å². The fraction of sp³-hybridized carbons (Fsp3) is 0.111. The molecule has 3 rings (SSSR count). The van der Waals surface area contributed by atoms with Gasteiger partial charge in [-0.3, -0.25) is 5.32 Å². The summed E-state index contributed by atoms with van der Waals surface area (Å²) < 4.78 is 0. The Balaban J connectivity index is 2.21. The summed E-state index contributed by atoms with van der Waals surface area (Å²) in [6.45, 7) is 2.02. The number of amides is 2. The molecule has 1 heterocycles. The van der Waals surface area contributed by atoms with Crippen LogP contribution in [0.25, 0.3) is 21.9 Å². The molecule has 122 valence electrons. The van der Waals surface area contributed by atoms with Crippen molar-refractivity contribution >= 4 is 39.9 Å². The molecule has 0 unspecified atom stereocenters. The highest BCUT2D eigenvalue weighted by Gasteiger charge is 2.14. The lowest BCUT2D eigenvalue weighted by atomic mass is 9.97. The van der Waals surface area contributed by atoms with Crippen LogP contribution in [0.15, 0.2) is 42.6 Å². The second-order valence-corrected chi connectivity index (χ2v) is 5.84. The third kappa shape index (κ3) is 2.86. The number of carbonyl (C=O) groups is 1. The first-order valence-corrected chi connectivity index (χ1v) is 7.81. The Morgan fingerprint density at radius 1 is 1.17 bits per heavy atom. The van der Waals surface area contributed by atoms with Gasteiger partial charge in [-0.25, -0.2) is 9.78 Å². The molecular weight excluding hydrogens is 324 g/mol. The van der Waals surface area contributed by atoms with Gasteiger partial charge in [-0.15, -0.1) is 0 Å². The number of aryl methyl sites for hydroxylation is 1. The number of halogens is 1. The van der Waals surface area contributed by atoms with Crippen LogP contribution in [-0.4, -0.2) is 18.1 Å². The predicted molar refractivity (Wildman–Crippen MR) is 99.4 cm³/mol. The number of nitrogen functional groups attached to an aromatic ring is 1. The van der Waals surface area contributed by atoms with E-state index in [1.54, 1.807) is 12.3 Å². The first kappa shape index (κ1) is 16.1. The summed E-state index contributed by atoms with van der Waals surface area (Å²) in [5.74, 6) is 0.407. The summed E-state index contributed by atoms with van der Waals surface area (Å²) in [6, 6.07) is 11.2. The summed E-state index contributed by atoms with van der Waals surface area (Å²) in [7, 11) is 1.54. The number of urea groups is 1. The number of rotatable bonds is 2. The smallest absolute Gasteiger partial charge is 0.320 e. The Morgan fingerprint density at radius 2 is 1.92 bits per heavy atom. The third-order valence-electron chi connectivity index (χ3n) is 3.89. The van der Waals surface area contributed by atoms with Gasteiger partial charge in [0.2, 0.25) is 0 Å². The molecule has 1 aromatic heterocycles. The molecule has 0 saturated carbocycles. The standard InChI is InChI=1S/C18H17ClN4O/c1-10-5-3-4-6-11(10)12-7-15(20)14-9-22-16(23-18(24)21-2)8-13(14)17(12)19/h3-9H,20H2,1-2H3,(H2,21,22,23,24). The van der Waals surface area contributed by atoms with Crippen molar-refractivity contribution in [2.24, 2.45) is 0 Å². The van der Waals surface area contributed by atoms with Gasteiger partial charge in [-0.05, 0) is 30.2 Å². The summed E-state index contributed by atoms with van der Waals surface area (Å²) in [5, 5.41) is 7.20. The molecule has 0 radical (unpaired) electrons. The largest absolute Gasteiger partial charge is 0.398 e. The van der Waals surface area contributed by atoms with Crippen LogP contribution in [-0.2, 0) is 0 Å². The van der Waals surface area contributed by atoms with E-state index in [1.807, 2.05) is 37.3 Å². The fourth-order valence-corrected chi connectivity index (χ4v) is 2.94. The molecule has 5 nitrogen and oxygen atoms in total. The van der Waals surface area contributed by atoms with E-state index >= 15 is 0 Å². The maximum atomic E-state index is 11.5. The van der Waals surface area contributed by atoms with Crippen molar-refractivity contribution in [2.45, 2.75) is 6.92 Å². The second-order valence-electron chi connectivity index (χ2n) is 5.46. The first-order valence-electron chi connectivity index (χ1n) is 7.43. The molecule has 2 aromatic carbocycles. The lowest BCUT2D eigenvalue weighted by Crippen LogP contribution is -2.24. The minimum atomic E-state index is -0.346. The van der Waals surface area contributed by atoms with Crippen LogP contribution in [0.3, 0.4) is 0 Å². The number of pyridine rings is 1. The monoisotopic (exact) mass is 340 g/mol. The quantitative estimate of drug-likeness (QED) is 0.612. The Labute approximate surface area is 144 Å². The van der Waals surface area contributed by atoms with E-state index < -0.39 is 0 Å². The molecule has 0 aliphatic heterocycles. The first-order chi connectivity index (χ1) is 11.5. The van der Waals surface area contributed by atoms with Crippen molar-refractivity contribution in [3.05, 3.63) is 53.2 Å². The van der Waals surface area contributed by atoms with Gasteiger partial charge in [0.1, 0.15) is 5.82 Å². The molecule has 0 saturated heterocycles. The van der Waals surface area contributed by atoms with Crippen molar-refractivity contribution in [1.82, 2.24) is 10.3 Å². The minimum absolute atomic E-state index is 0.346. The van der Waals surface area contributed by atoms with Gasteiger partial charge in [0, 0.05) is 35.3 Å². The molecular formula is C18H17ClN4O. The van der Waals surface area contributed by atoms with E-state index in [-0.39, 0.29) is 6.03 Å². The SMILES string of the molecule is CNC(=O)Nc1cc2c(Cl)c(-c3ccccc3C)cc(N)c2cn1. The number of fused-ring (bicyclic) bond motifs is 1. The molecule has 4 N–H and O–H groups in total. The summed E-state index contributed by atoms with van der Waals surface area (Å²) in [6.07, 6.45) is 1.61. The number of hydrogen-bond donors (Lipinski definition) is 3. The highest BCUT2D eigenvalue weighted by Crippen LogP contribution is 2.39. The maximum Gasteiger partial charge on any atom is 0.320 e. The van der Waals surface area contributed by atoms with Gasteiger partial charge in [0.15, 0.2) is 0 Å². The van der Waals surface area contributed by atoms with Crippen LogP contribution < -0.4 is 16.4 Å². The van der Waals surface area contributed by atoms with E-state index in [9.17, 15) is 4.79 Å². The number of anilines is 2. The molecule has 0 spiro atoms. The van der Waals surface area contributed by atoms with Crippen molar-refractivity contribution < 1.29 is 4.79 Å². The van der Waals surface area contributed by atoms with Crippen LogP contribution in [0.4, 0.5) is 16.3 Å². The topological polar surface area (TPSA) is 80.0 Å². The third-order valence-corrected chi connectivity index (χ3v) is 4.30. The van der Waals surface area contributed by atoms with Crippen molar-refractivity contribution in [3.8, 4) is 11.1 Å². The zero-order valence-corrected chi connectivity index (χ0v) is 14.1. The van der Waals surface area contributed by atoms with Gasteiger partial charge in [0.25, 0.3) is 0 Å². The summed E-state index contributed by atoms with van der Waals surface area (Å²) >= 11 is 6.65. The molecule has 6 heteroatoms. The Bertz CT molecular complexity index is 940. The molecule has 0 bridgehead atoms. The fourth-order valence-electron chi connectivity index (χ4n) is 2.63. The maximum absolute atomic E-state index is 11.5. The van der Waals surface area contributed by atoms with Crippen molar-refractivity contribution in [2.75, 3.05) is 18.1 Å². The van der Waals surface area contributed by atoms with E-state index in [2.05, 4.69) is 15.6 Å². The predicted octanol–water partition coefficient (Wildman–Crippen LogP) is 4.20. The highest BCUT2D eigenvalue weighted by molar-refractivity contribution is 6.39. The van der Waals surface area contributed by atoms with Crippen LogP contribution in [0.1, 0.15) is 5.56 Å². The van der Waals surface area contributed by atoms with Crippen LogP contribution in [0, 0.1) is 6.92 Å². The summed E-state index contributed by atoms with van der Waals surface area (Å²) in [4.78, 5) is 15.7. The normalized spacial score (nSPS) is 10.6. The molecule has 0 aliphatic carbocycles. The number of benzene rings is 2.